The van der Waals surface area contributed by atoms with Gasteiger partial charge in [0.1, 0.15) is 13.2 Å². The van der Waals surface area contributed by atoms with Gasteiger partial charge in [-0.3, -0.25) is 14.4 Å². The third kappa shape index (κ3) is 52.9. The first kappa shape index (κ1) is 63.1. The highest BCUT2D eigenvalue weighted by molar-refractivity contribution is 5.71. The van der Waals surface area contributed by atoms with E-state index in [-0.39, 0.29) is 44.0 Å². The van der Waals surface area contributed by atoms with Crippen molar-refractivity contribution in [3.63, 3.8) is 0 Å². The molecule has 0 saturated heterocycles. The van der Waals surface area contributed by atoms with Gasteiger partial charge in [0.15, 0.2) is 6.10 Å². The van der Waals surface area contributed by atoms with E-state index in [9.17, 15) is 14.4 Å². The summed E-state index contributed by atoms with van der Waals surface area (Å²) in [4.78, 5) is 38.0. The predicted octanol–water partition coefficient (Wildman–Crippen LogP) is 18.3. The van der Waals surface area contributed by atoms with Crippen molar-refractivity contribution in [2.75, 3.05) is 13.2 Å². The highest BCUT2D eigenvalue weighted by Crippen LogP contribution is 2.14. The van der Waals surface area contributed by atoms with E-state index in [1.807, 2.05) is 12.2 Å². The maximum atomic E-state index is 12.8. The van der Waals surface area contributed by atoms with Crippen LogP contribution in [0.5, 0.6) is 0 Å². The van der Waals surface area contributed by atoms with Crippen LogP contribution in [0.1, 0.15) is 239 Å². The molecule has 0 unspecified atom stereocenters. The molecular formula is C61H100O6. The maximum Gasteiger partial charge on any atom is 0.306 e. The van der Waals surface area contributed by atoms with Crippen molar-refractivity contribution in [2.45, 2.75) is 245 Å². The average molecular weight is 929 g/mol. The van der Waals surface area contributed by atoms with E-state index in [0.717, 1.165) is 77.0 Å². The SMILES string of the molecule is CC/C=C\C/C=C\C/C=C\C/C=C\C/C=C\C/C=C\CCC(=O)OC[C@H](COC(=O)CCC/C=C\C/C=C\C/C=C\CCCCCCCC)OC(=O)CCCCCCCCCCCCCCC. The molecule has 0 amide bonds. The van der Waals surface area contributed by atoms with Gasteiger partial charge in [0.05, 0.1) is 0 Å². The second kappa shape index (κ2) is 54.7. The fraction of sp³-hybridized carbons (Fsp3) is 0.656. The topological polar surface area (TPSA) is 78.9 Å². The van der Waals surface area contributed by atoms with Crippen molar-refractivity contribution < 1.29 is 28.6 Å². The third-order valence-electron chi connectivity index (χ3n) is 11.3. The summed E-state index contributed by atoms with van der Waals surface area (Å²) in [6.07, 6.45) is 73.8. The Morgan fingerprint density at radius 1 is 0.313 bits per heavy atom. The molecule has 0 aliphatic heterocycles. The van der Waals surface area contributed by atoms with Gasteiger partial charge in [-0.15, -0.1) is 0 Å². The van der Waals surface area contributed by atoms with Crippen molar-refractivity contribution in [3.05, 3.63) is 109 Å². The molecule has 0 aromatic carbocycles. The summed E-state index contributed by atoms with van der Waals surface area (Å²) in [5.41, 5.74) is 0. The first-order valence-corrected chi connectivity index (χ1v) is 27.4. The van der Waals surface area contributed by atoms with Crippen LogP contribution in [0.4, 0.5) is 0 Å². The van der Waals surface area contributed by atoms with E-state index in [0.29, 0.717) is 19.3 Å². The Bertz CT molecular complexity index is 1390. The molecule has 6 nitrogen and oxygen atoms in total. The standard InChI is InChI=1S/C61H100O6/c1-4-7-10-13-16-19-22-25-27-29-30-32-34-37-39-42-45-48-51-54-60(63)66-57-58(67-61(64)55-52-49-46-43-40-35-24-21-18-15-12-9-6-3)56-65-59(62)53-50-47-44-41-38-36-33-31-28-26-23-20-17-14-11-8-5-2/h7,10,16,19,25-28,30,32-33,36-37,39,41,44-45,48,58H,4-6,8-9,11-15,17-18,20-24,29,31,34-35,38,40,42-43,46-47,49-57H2,1-3H3/b10-7-,19-16-,27-25-,28-26-,32-30-,36-33-,39-37-,44-41-,48-45-/t58-/m0/s1. The molecule has 0 aromatic rings. The number of carbonyl (C=O) groups excluding carboxylic acids is 3. The smallest absolute Gasteiger partial charge is 0.306 e. The molecule has 0 N–H and O–H groups in total. The monoisotopic (exact) mass is 929 g/mol. The summed E-state index contributed by atoms with van der Waals surface area (Å²) >= 11 is 0. The lowest BCUT2D eigenvalue weighted by atomic mass is 10.0. The molecule has 67 heavy (non-hydrogen) atoms. The van der Waals surface area contributed by atoms with Gasteiger partial charge >= 0.3 is 17.9 Å². The number of allylic oxidation sites excluding steroid dienone is 18. The molecule has 0 rings (SSSR count). The third-order valence-corrected chi connectivity index (χ3v) is 11.3. The van der Waals surface area contributed by atoms with Crippen LogP contribution in [0.3, 0.4) is 0 Å². The van der Waals surface area contributed by atoms with Gasteiger partial charge in [0.25, 0.3) is 0 Å². The Labute approximate surface area is 412 Å². The number of unbranched alkanes of at least 4 members (excludes halogenated alkanes) is 19. The summed E-state index contributed by atoms with van der Waals surface area (Å²) in [5.74, 6) is -1.06. The lowest BCUT2D eigenvalue weighted by molar-refractivity contribution is -0.166. The molecule has 0 spiro atoms. The minimum Gasteiger partial charge on any atom is -0.462 e. The Kier molecular flexibility index (Phi) is 51.5. The Morgan fingerprint density at radius 2 is 0.627 bits per heavy atom. The minimum absolute atomic E-state index is 0.127. The van der Waals surface area contributed by atoms with Crippen molar-refractivity contribution in [1.82, 2.24) is 0 Å². The number of ether oxygens (including phenoxy) is 3. The van der Waals surface area contributed by atoms with E-state index in [2.05, 4.69) is 118 Å². The average Bonchev–Trinajstić information content (AvgIpc) is 3.33. The van der Waals surface area contributed by atoms with Crippen molar-refractivity contribution >= 4 is 17.9 Å². The largest absolute Gasteiger partial charge is 0.462 e. The molecule has 0 bridgehead atoms. The lowest BCUT2D eigenvalue weighted by Crippen LogP contribution is -2.30. The molecule has 0 aliphatic carbocycles. The fourth-order valence-electron chi connectivity index (χ4n) is 7.19. The Hall–Kier alpha value is -3.93. The normalized spacial score (nSPS) is 12.9. The van der Waals surface area contributed by atoms with Gasteiger partial charge in [-0.05, 0) is 89.9 Å². The molecule has 0 aromatic heterocycles. The van der Waals surface area contributed by atoms with Crippen molar-refractivity contribution in [1.29, 1.82) is 0 Å². The van der Waals surface area contributed by atoms with Gasteiger partial charge in [-0.1, -0.05) is 239 Å². The summed E-state index contributed by atoms with van der Waals surface area (Å²) in [7, 11) is 0. The molecule has 1 atom stereocenters. The van der Waals surface area contributed by atoms with E-state index >= 15 is 0 Å². The van der Waals surface area contributed by atoms with E-state index in [4.69, 9.17) is 14.2 Å². The van der Waals surface area contributed by atoms with Crippen LogP contribution in [-0.2, 0) is 28.6 Å². The van der Waals surface area contributed by atoms with Gasteiger partial charge in [-0.2, -0.15) is 0 Å². The predicted molar refractivity (Wildman–Crippen MR) is 288 cm³/mol. The Morgan fingerprint density at radius 3 is 1.04 bits per heavy atom. The van der Waals surface area contributed by atoms with Crippen LogP contribution in [0, 0.1) is 0 Å². The zero-order chi connectivity index (χ0) is 48.6. The van der Waals surface area contributed by atoms with Crippen molar-refractivity contribution in [3.8, 4) is 0 Å². The van der Waals surface area contributed by atoms with Gasteiger partial charge < -0.3 is 14.2 Å². The summed E-state index contributed by atoms with van der Waals surface area (Å²) in [5, 5.41) is 0. The van der Waals surface area contributed by atoms with Crippen LogP contribution < -0.4 is 0 Å². The molecule has 6 heteroatoms. The van der Waals surface area contributed by atoms with E-state index in [1.54, 1.807) is 0 Å². The zero-order valence-corrected chi connectivity index (χ0v) is 43.4. The summed E-state index contributed by atoms with van der Waals surface area (Å²) in [6, 6.07) is 0. The van der Waals surface area contributed by atoms with Crippen LogP contribution in [0.2, 0.25) is 0 Å². The second-order valence-electron chi connectivity index (χ2n) is 17.8. The van der Waals surface area contributed by atoms with Gasteiger partial charge in [0.2, 0.25) is 0 Å². The number of hydrogen-bond donors (Lipinski definition) is 0. The van der Waals surface area contributed by atoms with Gasteiger partial charge in [-0.25, -0.2) is 0 Å². The van der Waals surface area contributed by atoms with Gasteiger partial charge in [0, 0.05) is 19.3 Å². The minimum atomic E-state index is -0.828. The number of esters is 3. The maximum absolute atomic E-state index is 12.8. The first-order chi connectivity index (χ1) is 33.0. The molecule has 380 valence electrons. The highest BCUT2D eigenvalue weighted by atomic mass is 16.6. The molecule has 0 radical (unpaired) electrons. The van der Waals surface area contributed by atoms with Crippen LogP contribution in [0.25, 0.3) is 0 Å². The quantitative estimate of drug-likeness (QED) is 0.0262. The number of hydrogen-bond acceptors (Lipinski definition) is 6. The Balaban J connectivity index is 4.56. The molecule has 0 saturated carbocycles. The first-order valence-electron chi connectivity index (χ1n) is 27.4. The molecular weight excluding hydrogens is 829 g/mol. The fourth-order valence-corrected chi connectivity index (χ4v) is 7.19. The molecule has 0 heterocycles. The second-order valence-corrected chi connectivity index (χ2v) is 17.8. The van der Waals surface area contributed by atoms with Crippen LogP contribution in [-0.4, -0.2) is 37.2 Å². The van der Waals surface area contributed by atoms with Crippen LogP contribution >= 0.6 is 0 Å². The van der Waals surface area contributed by atoms with E-state index < -0.39 is 6.10 Å². The molecule has 0 fully saturated rings. The van der Waals surface area contributed by atoms with Crippen molar-refractivity contribution in [2.24, 2.45) is 0 Å². The van der Waals surface area contributed by atoms with Crippen LogP contribution in [0.15, 0.2) is 109 Å². The zero-order valence-electron chi connectivity index (χ0n) is 43.4. The molecule has 0 aliphatic rings. The highest BCUT2D eigenvalue weighted by Gasteiger charge is 2.19. The summed E-state index contributed by atoms with van der Waals surface area (Å²) in [6.45, 7) is 6.40. The number of carbonyl (C=O) groups is 3. The van der Waals surface area contributed by atoms with E-state index in [1.165, 1.54) is 109 Å². The summed E-state index contributed by atoms with van der Waals surface area (Å²) < 4.78 is 16.7. The number of rotatable bonds is 48. The lowest BCUT2D eigenvalue weighted by Gasteiger charge is -2.18.